The topological polar surface area (TPSA) is 150 Å². The lowest BCUT2D eigenvalue weighted by atomic mass is 9.86. The monoisotopic (exact) mass is 511 g/mol. The number of carbonyl (C=O) groups is 4. The molecule has 202 valence electrons. The molecule has 0 aliphatic heterocycles. The smallest absolute Gasteiger partial charge is 0.468 e. The summed E-state index contributed by atoms with van der Waals surface area (Å²) in [6, 6.07) is 4.29. The van der Waals surface area contributed by atoms with Gasteiger partial charge in [-0.2, -0.15) is 0 Å². The van der Waals surface area contributed by atoms with Gasteiger partial charge >= 0.3 is 24.2 Å². The Morgan fingerprint density at radius 2 is 1.36 bits per heavy atom. The Morgan fingerprint density at radius 1 is 0.833 bits per heavy atom. The maximum atomic E-state index is 12.6. The summed E-state index contributed by atoms with van der Waals surface area (Å²) >= 11 is 0. The highest BCUT2D eigenvalue weighted by Gasteiger charge is 2.38. The highest BCUT2D eigenvalue weighted by molar-refractivity contribution is 5.81. The predicted octanol–water partition coefficient (Wildman–Crippen LogP) is 3.93. The van der Waals surface area contributed by atoms with Crippen molar-refractivity contribution in [3.8, 4) is 11.5 Å². The zero-order chi connectivity index (χ0) is 27.6. The molecule has 0 bridgehead atoms. The quantitative estimate of drug-likeness (QED) is 0.261. The van der Waals surface area contributed by atoms with Gasteiger partial charge in [0, 0.05) is 12.8 Å². The molecule has 2 N–H and O–H groups in total. The lowest BCUT2D eigenvalue weighted by molar-refractivity contribution is -0.157. The molecule has 0 spiro atoms. The van der Waals surface area contributed by atoms with E-state index in [2.05, 4.69) is 0 Å². The van der Waals surface area contributed by atoms with Crippen LogP contribution < -0.4 is 15.2 Å². The van der Waals surface area contributed by atoms with Crippen molar-refractivity contribution in [2.24, 2.45) is 11.7 Å². The van der Waals surface area contributed by atoms with Crippen molar-refractivity contribution < 1.29 is 47.6 Å². The van der Waals surface area contributed by atoms with Gasteiger partial charge in [-0.25, -0.2) is 9.59 Å². The first-order chi connectivity index (χ1) is 16.7. The Kier molecular flexibility index (Phi) is 11.7. The lowest BCUT2D eigenvalue weighted by Gasteiger charge is -2.29. The first-order valence-electron chi connectivity index (χ1n) is 11.6. The van der Waals surface area contributed by atoms with Gasteiger partial charge in [-0.05, 0) is 52.3 Å². The molecule has 0 aliphatic rings. The molecule has 0 heterocycles. The average molecular weight is 512 g/mol. The van der Waals surface area contributed by atoms with Crippen LogP contribution in [0.3, 0.4) is 0 Å². The Morgan fingerprint density at radius 3 is 1.83 bits per heavy atom. The van der Waals surface area contributed by atoms with E-state index in [1.807, 2.05) is 0 Å². The molecule has 0 fully saturated rings. The second kappa shape index (κ2) is 13.7. The number of methoxy groups -OCH3 is 1. The Labute approximate surface area is 211 Å². The van der Waals surface area contributed by atoms with Crippen LogP contribution in [0.4, 0.5) is 9.59 Å². The third-order valence-corrected chi connectivity index (χ3v) is 4.61. The number of ether oxygens (including phenoxy) is 6. The molecule has 0 amide bonds. The Bertz CT molecular complexity index is 927. The molecule has 0 saturated carbocycles. The van der Waals surface area contributed by atoms with Crippen molar-refractivity contribution in [1.29, 1.82) is 0 Å². The summed E-state index contributed by atoms with van der Waals surface area (Å²) in [6.45, 7) is 11.6. The summed E-state index contributed by atoms with van der Waals surface area (Å²) < 4.78 is 30.7. The van der Waals surface area contributed by atoms with Gasteiger partial charge in [-0.1, -0.05) is 19.9 Å². The molecule has 0 radical (unpaired) electrons. The third-order valence-electron chi connectivity index (χ3n) is 4.61. The maximum absolute atomic E-state index is 12.6. The van der Waals surface area contributed by atoms with Crippen LogP contribution in [0.5, 0.6) is 11.5 Å². The van der Waals surface area contributed by atoms with Gasteiger partial charge in [0.05, 0.1) is 25.2 Å². The highest BCUT2D eigenvalue weighted by Crippen LogP contribution is 2.32. The minimum Gasteiger partial charge on any atom is -0.468 e. The van der Waals surface area contributed by atoms with E-state index in [0.717, 1.165) is 0 Å². The second-order valence-corrected chi connectivity index (χ2v) is 9.25. The van der Waals surface area contributed by atoms with Crippen molar-refractivity contribution in [2.45, 2.75) is 85.2 Å². The van der Waals surface area contributed by atoms with Crippen LogP contribution in [-0.2, 0) is 35.0 Å². The highest BCUT2D eigenvalue weighted by atomic mass is 16.7. The van der Waals surface area contributed by atoms with Gasteiger partial charge in [0.2, 0.25) is 0 Å². The summed E-state index contributed by atoms with van der Waals surface area (Å²) in [4.78, 5) is 48.7. The van der Waals surface area contributed by atoms with Crippen LogP contribution in [0.15, 0.2) is 18.2 Å². The number of nitrogens with two attached hydrogens (primary N) is 1. The molecule has 11 heteroatoms. The number of carbonyl (C=O) groups excluding carboxylic acids is 4. The van der Waals surface area contributed by atoms with E-state index in [1.54, 1.807) is 48.5 Å². The van der Waals surface area contributed by atoms with Gasteiger partial charge in [0.15, 0.2) is 11.5 Å². The average Bonchev–Trinajstić information content (AvgIpc) is 2.73. The fourth-order valence-electron chi connectivity index (χ4n) is 3.12. The third kappa shape index (κ3) is 10.1. The number of benzene rings is 1. The number of hydrogen-bond donors (Lipinski definition) is 1. The molecule has 1 aromatic rings. The molecule has 1 aromatic carbocycles. The van der Waals surface area contributed by atoms with Crippen molar-refractivity contribution >= 4 is 24.2 Å². The molecular formula is C25H37NO10. The minimum atomic E-state index is -1.58. The van der Waals surface area contributed by atoms with E-state index in [-0.39, 0.29) is 30.3 Å². The minimum absolute atomic E-state index is 0.0390. The molecule has 11 nitrogen and oxygen atoms in total. The maximum Gasteiger partial charge on any atom is 0.514 e. The van der Waals surface area contributed by atoms with E-state index in [4.69, 9.17) is 34.2 Å². The van der Waals surface area contributed by atoms with Crippen LogP contribution >= 0.6 is 0 Å². The molecule has 36 heavy (non-hydrogen) atoms. The molecule has 1 rings (SSSR count). The lowest BCUT2D eigenvalue weighted by Crippen LogP contribution is -2.53. The summed E-state index contributed by atoms with van der Waals surface area (Å²) in [5.74, 6) is -1.75. The van der Waals surface area contributed by atoms with Crippen molar-refractivity contribution in [1.82, 2.24) is 0 Å². The first kappa shape index (κ1) is 30.7. The van der Waals surface area contributed by atoms with Gasteiger partial charge in [0.25, 0.3) is 0 Å². The van der Waals surface area contributed by atoms with Crippen LogP contribution in [0.25, 0.3) is 0 Å². The fourth-order valence-corrected chi connectivity index (χ4v) is 3.12. The molecule has 1 unspecified atom stereocenters. The standard InChI is InChI=1S/C25H37NO10/c1-14(2)21(27)34-17(7)12-25(26,22(28)31-8)13-18-9-10-19(35-23(29)32-15(3)4)20(11-18)36-24(30)33-16(5)6/h9-11,14-17H,12-13,26H2,1-8H3/t17-,25?/m0/s1. The summed E-state index contributed by atoms with van der Waals surface area (Å²) in [6.07, 6.45) is -3.71. The normalized spacial score (nSPS) is 13.6. The zero-order valence-corrected chi connectivity index (χ0v) is 22.1. The van der Waals surface area contributed by atoms with Gasteiger partial charge in [-0.3, -0.25) is 9.59 Å². The molecule has 0 aromatic heterocycles. The summed E-state index contributed by atoms with van der Waals surface area (Å²) in [5, 5.41) is 0. The zero-order valence-electron chi connectivity index (χ0n) is 22.1. The SMILES string of the molecule is COC(=O)C(N)(Cc1ccc(OC(=O)OC(C)C)c(OC(=O)OC(C)C)c1)C[C@H](C)OC(=O)C(C)C. The van der Waals surface area contributed by atoms with E-state index in [0.29, 0.717) is 5.56 Å². The molecular weight excluding hydrogens is 474 g/mol. The van der Waals surface area contributed by atoms with E-state index < -0.39 is 48.1 Å². The van der Waals surface area contributed by atoms with Crippen LogP contribution in [0, 0.1) is 5.92 Å². The van der Waals surface area contributed by atoms with Gasteiger partial charge in [-0.15, -0.1) is 0 Å². The molecule has 0 aliphatic carbocycles. The van der Waals surface area contributed by atoms with Crippen LogP contribution in [0.1, 0.15) is 60.5 Å². The summed E-state index contributed by atoms with van der Waals surface area (Å²) in [7, 11) is 1.20. The van der Waals surface area contributed by atoms with Crippen LogP contribution in [-0.4, -0.2) is 55.2 Å². The van der Waals surface area contributed by atoms with E-state index >= 15 is 0 Å². The number of esters is 2. The molecule has 0 saturated heterocycles. The Hall–Kier alpha value is -3.34. The first-order valence-corrected chi connectivity index (χ1v) is 11.6. The largest absolute Gasteiger partial charge is 0.514 e. The van der Waals surface area contributed by atoms with Gasteiger partial charge in [0.1, 0.15) is 11.6 Å². The van der Waals surface area contributed by atoms with Crippen molar-refractivity contribution in [2.75, 3.05) is 7.11 Å². The summed E-state index contributed by atoms with van der Waals surface area (Å²) in [5.41, 5.74) is 5.29. The Balaban J connectivity index is 3.27. The van der Waals surface area contributed by atoms with E-state index in [9.17, 15) is 19.2 Å². The van der Waals surface area contributed by atoms with E-state index in [1.165, 1.54) is 25.3 Å². The fraction of sp³-hybridized carbons (Fsp3) is 0.600. The predicted molar refractivity (Wildman–Crippen MR) is 129 cm³/mol. The van der Waals surface area contributed by atoms with Gasteiger partial charge < -0.3 is 34.2 Å². The number of hydrogen-bond acceptors (Lipinski definition) is 11. The number of rotatable bonds is 11. The van der Waals surface area contributed by atoms with Crippen molar-refractivity contribution in [3.63, 3.8) is 0 Å². The second-order valence-electron chi connectivity index (χ2n) is 9.25. The van der Waals surface area contributed by atoms with Crippen LogP contribution in [0.2, 0.25) is 0 Å². The van der Waals surface area contributed by atoms with Crippen molar-refractivity contribution in [3.05, 3.63) is 23.8 Å². The molecule has 2 atom stereocenters.